The van der Waals surface area contributed by atoms with Crippen molar-refractivity contribution in [1.29, 1.82) is 5.26 Å². The number of carbonyl (C=O) groups excluding carboxylic acids is 1. The van der Waals surface area contributed by atoms with Crippen LogP contribution in [0.3, 0.4) is 0 Å². The minimum Gasteiger partial charge on any atom is -0.504 e. The van der Waals surface area contributed by atoms with E-state index in [1.165, 1.54) is 16.7 Å². The Hall–Kier alpha value is -4.47. The average Bonchev–Trinajstić information content (AvgIpc) is 3.02. The molecule has 4 heterocycles. The van der Waals surface area contributed by atoms with Crippen LogP contribution in [0, 0.1) is 34.7 Å². The number of pyridine rings is 2. The van der Waals surface area contributed by atoms with Crippen LogP contribution in [-0.2, 0) is 4.79 Å². The topological polar surface area (TPSA) is 114 Å². The molecule has 1 amide bonds. The van der Waals surface area contributed by atoms with Gasteiger partial charge < -0.3 is 20.2 Å². The minimum atomic E-state index is -1.81. The second-order valence-electron chi connectivity index (χ2n) is 11.0. The Morgan fingerprint density at radius 1 is 1.20 bits per heavy atom. The monoisotopic (exact) mass is 658 g/mol. The number of hydrogen-bond acceptors (Lipinski definition) is 7. The van der Waals surface area contributed by atoms with E-state index in [-0.39, 0.29) is 65.3 Å². The van der Waals surface area contributed by atoms with Gasteiger partial charge >= 0.3 is 0 Å². The number of nitrogens with one attached hydrogen (secondary N) is 1. The largest absolute Gasteiger partial charge is 0.504 e. The number of phenols is 1. The normalized spacial score (nSPS) is 16.8. The molecule has 2 aliphatic rings. The van der Waals surface area contributed by atoms with Crippen LogP contribution in [-0.4, -0.2) is 57.7 Å². The Morgan fingerprint density at radius 3 is 2.47 bits per heavy atom. The molecule has 0 spiro atoms. The summed E-state index contributed by atoms with van der Waals surface area (Å²) in [7, 11) is 0. The number of rotatable bonds is 5. The highest BCUT2D eigenvalue weighted by Gasteiger charge is 2.33. The molecule has 1 saturated heterocycles. The van der Waals surface area contributed by atoms with Crippen LogP contribution in [0.5, 0.6) is 5.75 Å². The first-order chi connectivity index (χ1) is 21.3. The molecule has 0 aliphatic carbocycles. The van der Waals surface area contributed by atoms with Gasteiger partial charge in [-0.2, -0.15) is 9.65 Å². The number of aromatic hydroxyl groups is 1. The number of amides is 1. The van der Waals surface area contributed by atoms with Crippen LogP contribution in [0.1, 0.15) is 26.3 Å². The summed E-state index contributed by atoms with van der Waals surface area (Å²) in [6.45, 7) is 10.1. The lowest BCUT2D eigenvalue weighted by molar-refractivity contribution is -0.126. The SMILES string of the molecule is C=CC(=O)N1CCN(c2c(C#N)c(=O)n(C3=C(C)C=CNC3C(C)C)c3nc(-c4c(O)c(F)c(F)c(Cl)c4F)c(Cl)cc23)CC1. The summed E-state index contributed by atoms with van der Waals surface area (Å²) in [6, 6.07) is 2.92. The number of dihydropyridines is 1. The zero-order valence-corrected chi connectivity index (χ0v) is 25.9. The molecule has 0 saturated carbocycles. The van der Waals surface area contributed by atoms with Crippen molar-refractivity contribution in [3.8, 4) is 23.1 Å². The van der Waals surface area contributed by atoms with E-state index in [0.29, 0.717) is 11.3 Å². The molecule has 1 aromatic carbocycles. The second kappa shape index (κ2) is 12.1. The van der Waals surface area contributed by atoms with Gasteiger partial charge in [-0.05, 0) is 42.8 Å². The van der Waals surface area contributed by atoms with Gasteiger partial charge in [0.1, 0.15) is 22.3 Å². The fraction of sp³-hybridized carbons (Fsp3) is 0.290. The molecule has 0 bridgehead atoms. The highest BCUT2D eigenvalue weighted by molar-refractivity contribution is 6.34. The summed E-state index contributed by atoms with van der Waals surface area (Å²) in [5, 5.41) is 22.8. The third kappa shape index (κ3) is 5.19. The number of nitriles is 1. The maximum atomic E-state index is 15.4. The Morgan fingerprint density at radius 2 is 1.87 bits per heavy atom. The molecule has 5 rings (SSSR count). The fourth-order valence-corrected chi connectivity index (χ4v) is 6.14. The van der Waals surface area contributed by atoms with Crippen LogP contribution in [0.15, 0.2) is 41.4 Å². The Bertz CT molecular complexity index is 1910. The zero-order chi connectivity index (χ0) is 32.9. The van der Waals surface area contributed by atoms with E-state index in [0.717, 1.165) is 0 Å². The number of aromatic nitrogens is 2. The number of carbonyl (C=O) groups is 1. The summed E-state index contributed by atoms with van der Waals surface area (Å²) in [6.07, 6.45) is 4.66. The maximum absolute atomic E-state index is 15.4. The molecule has 3 aromatic rings. The van der Waals surface area contributed by atoms with Crippen LogP contribution < -0.4 is 15.8 Å². The molecule has 1 fully saturated rings. The minimum absolute atomic E-state index is 0.0687. The van der Waals surface area contributed by atoms with Gasteiger partial charge in [-0.15, -0.1) is 0 Å². The zero-order valence-electron chi connectivity index (χ0n) is 24.4. The highest BCUT2D eigenvalue weighted by atomic mass is 35.5. The van der Waals surface area contributed by atoms with Gasteiger partial charge in [0.25, 0.3) is 5.56 Å². The molecular formula is C31H27Cl2F3N6O3. The van der Waals surface area contributed by atoms with Crippen LogP contribution in [0.4, 0.5) is 18.9 Å². The first kappa shape index (κ1) is 31.9. The van der Waals surface area contributed by atoms with Crippen LogP contribution in [0.2, 0.25) is 10.0 Å². The molecular weight excluding hydrogens is 632 g/mol. The number of fused-ring (bicyclic) bond motifs is 1. The number of phenolic OH excluding ortho intramolecular Hbond substituents is 1. The molecule has 2 N–H and O–H groups in total. The van der Waals surface area contributed by atoms with Crippen molar-refractivity contribution < 1.29 is 23.1 Å². The summed E-state index contributed by atoms with van der Waals surface area (Å²) < 4.78 is 45.4. The van der Waals surface area contributed by atoms with E-state index in [9.17, 15) is 28.7 Å². The van der Waals surface area contributed by atoms with E-state index in [4.69, 9.17) is 23.2 Å². The first-order valence-electron chi connectivity index (χ1n) is 13.9. The molecule has 14 heteroatoms. The molecule has 45 heavy (non-hydrogen) atoms. The molecule has 1 unspecified atom stereocenters. The fourth-order valence-electron chi connectivity index (χ4n) is 5.72. The van der Waals surface area contributed by atoms with E-state index < -0.39 is 51.1 Å². The lowest BCUT2D eigenvalue weighted by atomic mass is 9.94. The summed E-state index contributed by atoms with van der Waals surface area (Å²) in [4.78, 5) is 34.4. The summed E-state index contributed by atoms with van der Waals surface area (Å²) >= 11 is 12.3. The Kier molecular flexibility index (Phi) is 8.62. The predicted molar refractivity (Wildman–Crippen MR) is 166 cm³/mol. The second-order valence-corrected chi connectivity index (χ2v) is 11.7. The van der Waals surface area contributed by atoms with Gasteiger partial charge in [0.2, 0.25) is 11.7 Å². The molecule has 9 nitrogen and oxygen atoms in total. The molecule has 2 aliphatic heterocycles. The standard InChI is InChI=1S/C31H27Cl2F3N6O3/c1-5-19(43)40-8-10-41(11-9-40)28-16-12-18(32)26(20-22(34)21(33)23(35)24(36)29(20)44)39-30(16)42(31(45)17(28)13-37)27-15(4)6-7-38-25(27)14(2)3/h5-7,12,14,25,38,44H,1,8-11H2,2-4H3. The quantitative estimate of drug-likeness (QED) is 0.209. The van der Waals surface area contributed by atoms with Crippen LogP contribution in [0.25, 0.3) is 28.0 Å². The van der Waals surface area contributed by atoms with Gasteiger partial charge in [-0.3, -0.25) is 14.2 Å². The lowest BCUT2D eigenvalue weighted by Gasteiger charge is -2.37. The summed E-state index contributed by atoms with van der Waals surface area (Å²) in [5.74, 6) is -6.85. The highest BCUT2D eigenvalue weighted by Crippen LogP contribution is 2.44. The van der Waals surface area contributed by atoms with Crippen LogP contribution >= 0.6 is 23.2 Å². The number of halogens is 5. The van der Waals surface area contributed by atoms with Crippen molar-refractivity contribution in [2.75, 3.05) is 31.1 Å². The first-order valence-corrected chi connectivity index (χ1v) is 14.6. The maximum Gasteiger partial charge on any atom is 0.276 e. The lowest BCUT2D eigenvalue weighted by Crippen LogP contribution is -2.49. The molecule has 234 valence electrons. The van der Waals surface area contributed by atoms with Gasteiger partial charge in [0, 0.05) is 31.6 Å². The van der Waals surface area contributed by atoms with E-state index in [2.05, 4.69) is 16.9 Å². The molecule has 0 radical (unpaired) electrons. The van der Waals surface area contributed by atoms with Gasteiger partial charge in [0.05, 0.1) is 33.7 Å². The number of piperazine rings is 1. The third-order valence-electron chi connectivity index (χ3n) is 7.96. The van der Waals surface area contributed by atoms with E-state index in [1.807, 2.05) is 19.9 Å². The van der Waals surface area contributed by atoms with Gasteiger partial charge in [-0.25, -0.2) is 13.8 Å². The van der Waals surface area contributed by atoms with Crippen molar-refractivity contribution in [2.45, 2.75) is 26.8 Å². The number of hydrogen-bond donors (Lipinski definition) is 2. The Balaban J connectivity index is 1.90. The number of allylic oxidation sites excluding steroid dienone is 2. The molecule has 1 atom stereocenters. The summed E-state index contributed by atoms with van der Waals surface area (Å²) in [5.41, 5.74) is -1.17. The van der Waals surface area contributed by atoms with E-state index >= 15 is 4.39 Å². The number of nitrogens with zero attached hydrogens (tertiary/aromatic N) is 5. The van der Waals surface area contributed by atoms with Crippen molar-refractivity contribution in [3.05, 3.63) is 80.0 Å². The smallest absolute Gasteiger partial charge is 0.276 e. The van der Waals surface area contributed by atoms with Crippen molar-refractivity contribution in [3.63, 3.8) is 0 Å². The predicted octanol–water partition coefficient (Wildman–Crippen LogP) is 5.57. The average molecular weight is 659 g/mol. The van der Waals surface area contributed by atoms with Gasteiger partial charge in [0.15, 0.2) is 17.4 Å². The van der Waals surface area contributed by atoms with Gasteiger partial charge in [-0.1, -0.05) is 43.6 Å². The third-order valence-corrected chi connectivity index (χ3v) is 8.58. The van der Waals surface area contributed by atoms with Crippen molar-refractivity contribution in [2.24, 2.45) is 5.92 Å². The molecule has 2 aromatic heterocycles. The van der Waals surface area contributed by atoms with Crippen molar-refractivity contribution >= 4 is 51.5 Å². The van der Waals surface area contributed by atoms with Crippen molar-refractivity contribution in [1.82, 2.24) is 19.8 Å². The number of benzene rings is 1. The number of anilines is 1. The Labute approximate surface area is 266 Å². The van der Waals surface area contributed by atoms with E-state index in [1.54, 1.807) is 29.0 Å².